The molecule has 2 aromatic rings. The Morgan fingerprint density at radius 1 is 1.24 bits per heavy atom. The van der Waals surface area contributed by atoms with E-state index in [9.17, 15) is 18.0 Å². The second kappa shape index (κ2) is 5.91. The minimum Gasteiger partial charge on any atom is -0.497 e. The zero-order valence-corrected chi connectivity index (χ0v) is 14.1. The standard InChI is InChI=1S/C18H19F3N2O2/c1-17(2)10-23(22-16(17)24)15(18(19,20)21)14-9-12(25-3)8-11-6-4-5-7-13(11)14/h4-9,15H,10H2,1-3H3,(H,22,24). The molecule has 1 unspecified atom stereocenters. The Labute approximate surface area is 143 Å². The lowest BCUT2D eigenvalue weighted by atomic mass is 9.93. The predicted octanol–water partition coefficient (Wildman–Crippen LogP) is 3.82. The van der Waals surface area contributed by atoms with Gasteiger partial charge in [0.25, 0.3) is 0 Å². The first-order valence-electron chi connectivity index (χ1n) is 7.84. The number of nitrogens with zero attached hydrogens (tertiary/aromatic N) is 1. The number of halogens is 3. The van der Waals surface area contributed by atoms with Crippen molar-refractivity contribution in [2.75, 3.05) is 13.7 Å². The molecule has 1 saturated heterocycles. The normalized spacial score (nSPS) is 19.0. The van der Waals surface area contributed by atoms with Crippen molar-refractivity contribution in [3.05, 3.63) is 42.0 Å². The fourth-order valence-corrected chi connectivity index (χ4v) is 3.15. The molecule has 1 heterocycles. The Hall–Kier alpha value is -2.28. The molecule has 3 rings (SSSR count). The number of fused-ring (bicyclic) bond motifs is 1. The van der Waals surface area contributed by atoms with Crippen molar-refractivity contribution in [2.24, 2.45) is 5.41 Å². The van der Waals surface area contributed by atoms with Crippen LogP contribution in [0.15, 0.2) is 36.4 Å². The van der Waals surface area contributed by atoms with Crippen LogP contribution in [0.25, 0.3) is 10.8 Å². The average Bonchev–Trinajstić information content (AvgIpc) is 2.78. The van der Waals surface area contributed by atoms with Crippen LogP contribution in [0.5, 0.6) is 5.75 Å². The Bertz CT molecular complexity index is 818. The molecule has 134 valence electrons. The lowest BCUT2D eigenvalue weighted by molar-refractivity contribution is -0.191. The van der Waals surface area contributed by atoms with Crippen molar-refractivity contribution < 1.29 is 22.7 Å². The van der Waals surface area contributed by atoms with Crippen molar-refractivity contribution in [1.29, 1.82) is 0 Å². The number of rotatable bonds is 3. The number of hydrazine groups is 1. The van der Waals surface area contributed by atoms with Crippen LogP contribution in [-0.4, -0.2) is 30.7 Å². The van der Waals surface area contributed by atoms with E-state index in [0.717, 1.165) is 5.01 Å². The smallest absolute Gasteiger partial charge is 0.409 e. The van der Waals surface area contributed by atoms with E-state index in [1.54, 1.807) is 44.2 Å². The summed E-state index contributed by atoms with van der Waals surface area (Å²) in [5, 5.41) is 2.10. The van der Waals surface area contributed by atoms with E-state index in [2.05, 4.69) is 5.43 Å². The van der Waals surface area contributed by atoms with Crippen molar-refractivity contribution >= 4 is 16.7 Å². The monoisotopic (exact) mass is 352 g/mol. The van der Waals surface area contributed by atoms with Gasteiger partial charge in [-0.2, -0.15) is 13.2 Å². The Balaban J connectivity index is 2.18. The Morgan fingerprint density at radius 2 is 1.92 bits per heavy atom. The summed E-state index contributed by atoms with van der Waals surface area (Å²) in [6.45, 7) is 3.21. The Kier molecular flexibility index (Phi) is 4.15. The van der Waals surface area contributed by atoms with Crippen LogP contribution in [0.1, 0.15) is 25.5 Å². The molecule has 1 N–H and O–H groups in total. The van der Waals surface area contributed by atoms with Gasteiger partial charge in [0.2, 0.25) is 5.91 Å². The highest BCUT2D eigenvalue weighted by Crippen LogP contribution is 2.43. The summed E-state index contributed by atoms with van der Waals surface area (Å²) in [4.78, 5) is 12.0. The molecular weight excluding hydrogens is 333 g/mol. The minimum atomic E-state index is -4.57. The summed E-state index contributed by atoms with van der Waals surface area (Å²) in [5.41, 5.74) is 1.55. The van der Waals surface area contributed by atoms with E-state index in [1.807, 2.05) is 0 Å². The van der Waals surface area contributed by atoms with Gasteiger partial charge >= 0.3 is 6.18 Å². The van der Waals surface area contributed by atoms with E-state index >= 15 is 0 Å². The van der Waals surface area contributed by atoms with Gasteiger partial charge in [0.05, 0.1) is 12.5 Å². The molecule has 0 bridgehead atoms. The van der Waals surface area contributed by atoms with Gasteiger partial charge in [-0.3, -0.25) is 10.2 Å². The zero-order chi connectivity index (χ0) is 18.4. The van der Waals surface area contributed by atoms with E-state index in [1.165, 1.54) is 13.2 Å². The fraction of sp³-hybridized carbons (Fsp3) is 0.389. The summed E-state index contributed by atoms with van der Waals surface area (Å²) < 4.78 is 47.1. The van der Waals surface area contributed by atoms with E-state index in [-0.39, 0.29) is 12.1 Å². The number of alkyl halides is 3. The predicted molar refractivity (Wildman–Crippen MR) is 87.9 cm³/mol. The molecule has 0 spiro atoms. The third kappa shape index (κ3) is 3.16. The van der Waals surface area contributed by atoms with E-state index < -0.39 is 23.5 Å². The molecule has 0 aliphatic carbocycles. The maximum absolute atomic E-state index is 14.0. The number of methoxy groups -OCH3 is 1. The summed E-state index contributed by atoms with van der Waals surface area (Å²) in [5.74, 6) is -0.0818. The van der Waals surface area contributed by atoms with Crippen LogP contribution >= 0.6 is 0 Å². The second-order valence-electron chi connectivity index (χ2n) is 6.83. The summed E-state index contributed by atoms with van der Waals surface area (Å²) in [6, 6.07) is 7.95. The molecule has 25 heavy (non-hydrogen) atoms. The highest BCUT2D eigenvalue weighted by atomic mass is 19.4. The number of hydrogen-bond donors (Lipinski definition) is 1. The quantitative estimate of drug-likeness (QED) is 0.913. The van der Waals surface area contributed by atoms with Crippen LogP contribution in [0, 0.1) is 5.41 Å². The first kappa shape index (κ1) is 17.5. The van der Waals surface area contributed by atoms with Crippen LogP contribution in [0.2, 0.25) is 0 Å². The molecule has 1 fully saturated rings. The number of carbonyl (C=O) groups is 1. The van der Waals surface area contributed by atoms with Crippen molar-refractivity contribution in [2.45, 2.75) is 26.1 Å². The number of carbonyl (C=O) groups excluding carboxylic acids is 1. The highest BCUT2D eigenvalue weighted by molar-refractivity contribution is 5.88. The number of benzene rings is 2. The molecule has 1 amide bonds. The maximum atomic E-state index is 14.0. The second-order valence-corrected chi connectivity index (χ2v) is 6.83. The highest BCUT2D eigenvalue weighted by Gasteiger charge is 2.51. The summed E-state index contributed by atoms with van der Waals surface area (Å²) in [6.07, 6.45) is -4.57. The minimum absolute atomic E-state index is 0.0401. The molecule has 1 atom stereocenters. The topological polar surface area (TPSA) is 41.6 Å². The number of ether oxygens (including phenoxy) is 1. The van der Waals surface area contributed by atoms with Crippen LogP contribution < -0.4 is 10.2 Å². The van der Waals surface area contributed by atoms with Crippen molar-refractivity contribution in [1.82, 2.24) is 10.4 Å². The first-order valence-corrected chi connectivity index (χ1v) is 7.84. The zero-order valence-electron chi connectivity index (χ0n) is 14.1. The van der Waals surface area contributed by atoms with Gasteiger partial charge in [0.15, 0.2) is 6.04 Å². The van der Waals surface area contributed by atoms with Gasteiger partial charge in [0.1, 0.15) is 5.75 Å². The van der Waals surface area contributed by atoms with Gasteiger partial charge in [-0.15, -0.1) is 0 Å². The average molecular weight is 352 g/mol. The molecule has 1 aliphatic rings. The number of amides is 1. The Morgan fingerprint density at radius 3 is 2.48 bits per heavy atom. The van der Waals surface area contributed by atoms with E-state index in [4.69, 9.17) is 4.74 Å². The molecule has 0 aromatic heterocycles. The number of hydrogen-bond acceptors (Lipinski definition) is 3. The van der Waals surface area contributed by atoms with Gasteiger partial charge < -0.3 is 4.74 Å². The summed E-state index contributed by atoms with van der Waals surface area (Å²) >= 11 is 0. The molecule has 7 heteroatoms. The van der Waals surface area contributed by atoms with Gasteiger partial charge in [-0.25, -0.2) is 5.01 Å². The van der Waals surface area contributed by atoms with Gasteiger partial charge in [0, 0.05) is 6.54 Å². The fourth-order valence-electron chi connectivity index (χ4n) is 3.15. The number of nitrogens with one attached hydrogen (secondary N) is 1. The van der Waals surface area contributed by atoms with Crippen molar-refractivity contribution in [3.63, 3.8) is 0 Å². The molecule has 1 aliphatic heterocycles. The SMILES string of the molecule is COc1cc(C(N2CC(C)(C)C(=O)N2)C(F)(F)F)c2ccccc2c1. The molecule has 2 aromatic carbocycles. The van der Waals surface area contributed by atoms with Crippen LogP contribution in [0.3, 0.4) is 0 Å². The third-order valence-corrected chi connectivity index (χ3v) is 4.44. The summed E-state index contributed by atoms with van der Waals surface area (Å²) in [7, 11) is 1.41. The first-order chi connectivity index (χ1) is 11.6. The molecule has 0 radical (unpaired) electrons. The van der Waals surface area contributed by atoms with Crippen LogP contribution in [-0.2, 0) is 4.79 Å². The lowest BCUT2D eigenvalue weighted by Gasteiger charge is -2.31. The molecule has 4 nitrogen and oxygen atoms in total. The van der Waals surface area contributed by atoms with E-state index in [0.29, 0.717) is 16.5 Å². The van der Waals surface area contributed by atoms with Gasteiger partial charge in [-0.05, 0) is 42.3 Å². The van der Waals surface area contributed by atoms with Gasteiger partial charge in [-0.1, -0.05) is 24.3 Å². The molecule has 0 saturated carbocycles. The lowest BCUT2D eigenvalue weighted by Crippen LogP contribution is -2.43. The van der Waals surface area contributed by atoms with Crippen LogP contribution in [0.4, 0.5) is 13.2 Å². The third-order valence-electron chi connectivity index (χ3n) is 4.44. The maximum Gasteiger partial charge on any atom is 0.409 e. The molecular formula is C18H19F3N2O2. The van der Waals surface area contributed by atoms with Crippen molar-refractivity contribution in [3.8, 4) is 5.75 Å². The largest absolute Gasteiger partial charge is 0.497 e.